The number of carbonyl (C=O) groups is 2. The first kappa shape index (κ1) is 13.8. The SMILES string of the molecule is COCc1ccc(C(=O)Nc2cc(C(=O)O)[nH]n2)cc1. The molecule has 0 saturated heterocycles. The first-order valence-corrected chi connectivity index (χ1v) is 5.78. The molecule has 0 aliphatic carbocycles. The molecule has 1 aromatic heterocycles. The number of nitrogens with zero attached hydrogens (tertiary/aromatic N) is 1. The number of nitrogens with one attached hydrogen (secondary N) is 2. The van der Waals surface area contributed by atoms with Crippen molar-refractivity contribution in [1.29, 1.82) is 0 Å². The van der Waals surface area contributed by atoms with Crippen molar-refractivity contribution in [3.63, 3.8) is 0 Å². The van der Waals surface area contributed by atoms with Crippen LogP contribution < -0.4 is 5.32 Å². The lowest BCUT2D eigenvalue weighted by atomic mass is 10.1. The third kappa shape index (κ3) is 3.21. The Morgan fingerprint density at radius 3 is 2.60 bits per heavy atom. The molecule has 0 atom stereocenters. The van der Waals surface area contributed by atoms with E-state index in [2.05, 4.69) is 15.5 Å². The van der Waals surface area contributed by atoms with Crippen LogP contribution in [0.5, 0.6) is 0 Å². The number of amides is 1. The molecule has 3 N–H and O–H groups in total. The van der Waals surface area contributed by atoms with Crippen molar-refractivity contribution >= 4 is 17.7 Å². The smallest absolute Gasteiger partial charge is 0.353 e. The van der Waals surface area contributed by atoms with Crippen molar-refractivity contribution in [1.82, 2.24) is 10.2 Å². The van der Waals surface area contributed by atoms with E-state index < -0.39 is 5.97 Å². The van der Waals surface area contributed by atoms with E-state index in [4.69, 9.17) is 9.84 Å². The number of carbonyl (C=O) groups excluding carboxylic acids is 1. The minimum absolute atomic E-state index is 0.0873. The lowest BCUT2D eigenvalue weighted by Gasteiger charge is -2.03. The highest BCUT2D eigenvalue weighted by Gasteiger charge is 2.11. The van der Waals surface area contributed by atoms with Gasteiger partial charge < -0.3 is 15.2 Å². The average Bonchev–Trinajstić information content (AvgIpc) is 2.88. The van der Waals surface area contributed by atoms with Crippen LogP contribution in [0.3, 0.4) is 0 Å². The van der Waals surface area contributed by atoms with Crippen LogP contribution in [0.2, 0.25) is 0 Å². The molecule has 2 aromatic rings. The number of aromatic nitrogens is 2. The van der Waals surface area contributed by atoms with Crippen LogP contribution in [-0.4, -0.2) is 34.3 Å². The van der Waals surface area contributed by atoms with E-state index >= 15 is 0 Å². The fourth-order valence-corrected chi connectivity index (χ4v) is 1.60. The maximum atomic E-state index is 11.9. The monoisotopic (exact) mass is 275 g/mol. The molecule has 20 heavy (non-hydrogen) atoms. The third-order valence-corrected chi connectivity index (χ3v) is 2.58. The van der Waals surface area contributed by atoms with Gasteiger partial charge in [-0.1, -0.05) is 12.1 Å². The second-order valence-corrected chi connectivity index (χ2v) is 4.06. The van der Waals surface area contributed by atoms with E-state index in [0.29, 0.717) is 12.2 Å². The molecule has 0 bridgehead atoms. The lowest BCUT2D eigenvalue weighted by Crippen LogP contribution is -2.12. The first-order valence-electron chi connectivity index (χ1n) is 5.78. The van der Waals surface area contributed by atoms with Gasteiger partial charge in [0.1, 0.15) is 5.69 Å². The van der Waals surface area contributed by atoms with Crippen molar-refractivity contribution in [2.75, 3.05) is 12.4 Å². The first-order chi connectivity index (χ1) is 9.60. The van der Waals surface area contributed by atoms with E-state index in [1.165, 1.54) is 6.07 Å². The van der Waals surface area contributed by atoms with Gasteiger partial charge in [0, 0.05) is 18.7 Å². The van der Waals surface area contributed by atoms with Gasteiger partial charge in [0.2, 0.25) is 0 Å². The fraction of sp³-hybridized carbons (Fsp3) is 0.154. The zero-order valence-electron chi connectivity index (χ0n) is 10.7. The quantitative estimate of drug-likeness (QED) is 0.767. The van der Waals surface area contributed by atoms with Crippen molar-refractivity contribution in [2.45, 2.75) is 6.61 Å². The van der Waals surface area contributed by atoms with Crippen LogP contribution in [0.4, 0.5) is 5.82 Å². The molecule has 0 aliphatic heterocycles. The summed E-state index contributed by atoms with van der Waals surface area (Å²) in [5, 5.41) is 17.2. The molecule has 0 radical (unpaired) electrons. The summed E-state index contributed by atoms with van der Waals surface area (Å²) in [6.07, 6.45) is 0. The molecular formula is C13H13N3O4. The number of anilines is 1. The molecule has 7 nitrogen and oxygen atoms in total. The highest BCUT2D eigenvalue weighted by atomic mass is 16.5. The number of aromatic amines is 1. The van der Waals surface area contributed by atoms with Gasteiger partial charge in [-0.25, -0.2) is 4.79 Å². The second kappa shape index (κ2) is 5.98. The van der Waals surface area contributed by atoms with Crippen molar-refractivity contribution in [2.24, 2.45) is 0 Å². The molecule has 1 aromatic carbocycles. The Labute approximate surface area is 114 Å². The zero-order valence-corrected chi connectivity index (χ0v) is 10.7. The number of ether oxygens (including phenoxy) is 1. The molecule has 0 saturated carbocycles. The number of hydrogen-bond acceptors (Lipinski definition) is 4. The summed E-state index contributed by atoms with van der Waals surface area (Å²) in [7, 11) is 1.60. The average molecular weight is 275 g/mol. The predicted molar refractivity (Wildman–Crippen MR) is 70.7 cm³/mol. The Morgan fingerprint density at radius 1 is 1.35 bits per heavy atom. The number of aromatic carboxylic acids is 1. The Morgan fingerprint density at radius 2 is 2.05 bits per heavy atom. The molecule has 0 aliphatic rings. The van der Waals surface area contributed by atoms with Gasteiger partial charge in [0.05, 0.1) is 6.61 Å². The number of carboxylic acids is 1. The van der Waals surface area contributed by atoms with Crippen LogP contribution in [-0.2, 0) is 11.3 Å². The maximum Gasteiger partial charge on any atom is 0.353 e. The number of methoxy groups -OCH3 is 1. The molecule has 0 unspecified atom stereocenters. The van der Waals surface area contributed by atoms with Crippen LogP contribution in [0.25, 0.3) is 0 Å². The van der Waals surface area contributed by atoms with E-state index in [0.717, 1.165) is 5.56 Å². The van der Waals surface area contributed by atoms with E-state index in [1.54, 1.807) is 31.4 Å². The number of H-pyrrole nitrogens is 1. The highest BCUT2D eigenvalue weighted by molar-refractivity contribution is 6.04. The van der Waals surface area contributed by atoms with Gasteiger partial charge in [-0.3, -0.25) is 9.89 Å². The molecule has 7 heteroatoms. The summed E-state index contributed by atoms with van der Waals surface area (Å²) in [5.74, 6) is -1.34. The number of benzene rings is 1. The van der Waals surface area contributed by atoms with Crippen LogP contribution in [0.15, 0.2) is 30.3 Å². The molecular weight excluding hydrogens is 262 g/mol. The highest BCUT2D eigenvalue weighted by Crippen LogP contribution is 2.10. The van der Waals surface area contributed by atoms with E-state index in [1.807, 2.05) is 0 Å². The van der Waals surface area contributed by atoms with Crippen molar-refractivity contribution in [3.05, 3.63) is 47.2 Å². The maximum absolute atomic E-state index is 11.9. The minimum Gasteiger partial charge on any atom is -0.477 e. The zero-order chi connectivity index (χ0) is 14.5. The summed E-state index contributed by atoms with van der Waals surface area (Å²) in [6, 6.07) is 8.14. The van der Waals surface area contributed by atoms with Crippen LogP contribution in [0, 0.1) is 0 Å². The largest absolute Gasteiger partial charge is 0.477 e. The summed E-state index contributed by atoms with van der Waals surface area (Å²) in [5.41, 5.74) is 1.32. The fourth-order valence-electron chi connectivity index (χ4n) is 1.60. The second-order valence-electron chi connectivity index (χ2n) is 4.06. The molecule has 104 valence electrons. The third-order valence-electron chi connectivity index (χ3n) is 2.58. The van der Waals surface area contributed by atoms with Gasteiger partial charge in [-0.15, -0.1) is 0 Å². The van der Waals surface area contributed by atoms with Crippen molar-refractivity contribution < 1.29 is 19.4 Å². The van der Waals surface area contributed by atoms with Crippen molar-refractivity contribution in [3.8, 4) is 0 Å². The predicted octanol–water partition coefficient (Wildman–Crippen LogP) is 1.51. The Hall–Kier alpha value is -2.67. The van der Waals surface area contributed by atoms with E-state index in [9.17, 15) is 9.59 Å². The molecule has 1 amide bonds. The van der Waals surface area contributed by atoms with Crippen LogP contribution >= 0.6 is 0 Å². The van der Waals surface area contributed by atoms with Gasteiger partial charge in [0.15, 0.2) is 5.82 Å². The molecule has 0 fully saturated rings. The minimum atomic E-state index is -1.14. The van der Waals surface area contributed by atoms with Gasteiger partial charge in [-0.05, 0) is 17.7 Å². The Balaban J connectivity index is 2.05. The Bertz CT molecular complexity index is 619. The summed E-state index contributed by atoms with van der Waals surface area (Å²) < 4.78 is 4.98. The number of hydrogen-bond donors (Lipinski definition) is 3. The normalized spacial score (nSPS) is 10.2. The summed E-state index contributed by atoms with van der Waals surface area (Å²) in [6.45, 7) is 0.475. The number of rotatable bonds is 5. The lowest BCUT2D eigenvalue weighted by molar-refractivity contribution is 0.0690. The topological polar surface area (TPSA) is 104 Å². The molecule has 0 spiro atoms. The van der Waals surface area contributed by atoms with Gasteiger partial charge in [0.25, 0.3) is 5.91 Å². The van der Waals surface area contributed by atoms with Gasteiger partial charge in [-0.2, -0.15) is 5.10 Å². The number of carboxylic acid groups (broad SMARTS) is 1. The summed E-state index contributed by atoms with van der Waals surface area (Å²) >= 11 is 0. The Kier molecular flexibility index (Phi) is 4.11. The summed E-state index contributed by atoms with van der Waals surface area (Å²) in [4.78, 5) is 22.6. The standard InChI is InChI=1S/C13H13N3O4/c1-20-7-8-2-4-9(5-3-8)12(17)14-11-6-10(13(18)19)15-16-11/h2-6H,7H2,1H3,(H,18,19)(H2,14,15,16,17). The van der Waals surface area contributed by atoms with Gasteiger partial charge >= 0.3 is 5.97 Å². The molecule has 1 heterocycles. The van der Waals surface area contributed by atoms with Crippen LogP contribution in [0.1, 0.15) is 26.4 Å². The molecule has 2 rings (SSSR count). The van der Waals surface area contributed by atoms with E-state index in [-0.39, 0.29) is 17.4 Å².